The fraction of sp³-hybridized carbons (Fsp3) is 0.875. The predicted molar refractivity (Wildman–Crippen MR) is 53.0 cm³/mol. The van der Waals surface area contributed by atoms with Gasteiger partial charge in [-0.3, -0.25) is 9.00 Å². The summed E-state index contributed by atoms with van der Waals surface area (Å²) in [5.41, 5.74) is 0. The first-order valence-electron chi connectivity index (χ1n) is 4.48. The van der Waals surface area contributed by atoms with Crippen LogP contribution in [-0.4, -0.2) is 53.2 Å². The van der Waals surface area contributed by atoms with E-state index in [1.54, 1.807) is 6.26 Å². The molecule has 1 saturated heterocycles. The van der Waals surface area contributed by atoms with Crippen LogP contribution in [0.25, 0.3) is 0 Å². The van der Waals surface area contributed by atoms with Gasteiger partial charge in [0.15, 0.2) is 0 Å². The van der Waals surface area contributed by atoms with Gasteiger partial charge in [0.2, 0.25) is 5.91 Å². The summed E-state index contributed by atoms with van der Waals surface area (Å²) in [6.07, 6.45) is 2.54. The van der Waals surface area contributed by atoms with Gasteiger partial charge in [-0.15, -0.1) is 0 Å². The molecule has 0 aromatic carbocycles. The first kappa shape index (κ1) is 10.7. The van der Waals surface area contributed by atoms with Crippen molar-refractivity contribution in [2.45, 2.75) is 6.42 Å². The van der Waals surface area contributed by atoms with Crippen molar-refractivity contribution in [1.82, 2.24) is 10.2 Å². The molecule has 0 saturated carbocycles. The molecule has 1 heterocycles. The van der Waals surface area contributed by atoms with Gasteiger partial charge >= 0.3 is 0 Å². The smallest absolute Gasteiger partial charge is 0.236 e. The minimum Gasteiger partial charge on any atom is -0.340 e. The molecule has 0 spiro atoms. The molecule has 0 bridgehead atoms. The molecule has 1 fully saturated rings. The number of piperazine rings is 1. The van der Waals surface area contributed by atoms with Crippen molar-refractivity contribution >= 4 is 16.7 Å². The highest BCUT2D eigenvalue weighted by molar-refractivity contribution is 7.84. The van der Waals surface area contributed by atoms with Gasteiger partial charge < -0.3 is 10.2 Å². The molecule has 0 aromatic heterocycles. The summed E-state index contributed by atoms with van der Waals surface area (Å²) in [4.78, 5) is 13.1. The van der Waals surface area contributed by atoms with E-state index in [4.69, 9.17) is 0 Å². The molecule has 1 unspecified atom stereocenters. The monoisotopic (exact) mass is 204 g/mol. The molecule has 4 nitrogen and oxygen atoms in total. The SMILES string of the molecule is CS(=O)CCCN1CCNCC1=O. The maximum Gasteiger partial charge on any atom is 0.236 e. The van der Waals surface area contributed by atoms with Crippen LogP contribution in [0.1, 0.15) is 6.42 Å². The third-order valence-electron chi connectivity index (χ3n) is 2.05. The van der Waals surface area contributed by atoms with E-state index in [2.05, 4.69) is 5.32 Å². The topological polar surface area (TPSA) is 49.4 Å². The van der Waals surface area contributed by atoms with Crippen molar-refractivity contribution in [2.24, 2.45) is 0 Å². The lowest BCUT2D eigenvalue weighted by Crippen LogP contribution is -2.48. The summed E-state index contributed by atoms with van der Waals surface area (Å²) in [5.74, 6) is 0.852. The van der Waals surface area contributed by atoms with Crippen molar-refractivity contribution in [3.05, 3.63) is 0 Å². The Labute approximate surface area is 81.1 Å². The van der Waals surface area contributed by atoms with Crippen molar-refractivity contribution < 1.29 is 9.00 Å². The number of nitrogens with zero attached hydrogens (tertiary/aromatic N) is 1. The summed E-state index contributed by atoms with van der Waals surface area (Å²) in [7, 11) is -0.735. The van der Waals surface area contributed by atoms with Gasteiger partial charge in [0.1, 0.15) is 0 Å². The lowest BCUT2D eigenvalue weighted by molar-refractivity contribution is -0.131. The molecule has 1 rings (SSSR count). The molecule has 1 amide bonds. The van der Waals surface area contributed by atoms with E-state index >= 15 is 0 Å². The van der Waals surface area contributed by atoms with E-state index in [0.29, 0.717) is 12.3 Å². The van der Waals surface area contributed by atoms with Crippen LogP contribution in [0.5, 0.6) is 0 Å². The van der Waals surface area contributed by atoms with Gasteiger partial charge in [-0.2, -0.15) is 0 Å². The Morgan fingerprint density at radius 3 is 3.00 bits per heavy atom. The molecular weight excluding hydrogens is 188 g/mol. The molecule has 13 heavy (non-hydrogen) atoms. The minimum absolute atomic E-state index is 0.160. The van der Waals surface area contributed by atoms with Gasteiger partial charge in [0, 0.05) is 42.4 Å². The number of nitrogens with one attached hydrogen (secondary N) is 1. The maximum absolute atomic E-state index is 11.3. The highest BCUT2D eigenvalue weighted by Crippen LogP contribution is 1.96. The fourth-order valence-corrected chi connectivity index (χ4v) is 1.88. The zero-order chi connectivity index (χ0) is 9.68. The quantitative estimate of drug-likeness (QED) is 0.651. The number of carbonyl (C=O) groups excluding carboxylic acids is 1. The molecule has 1 atom stereocenters. The molecule has 1 N–H and O–H groups in total. The number of hydrogen-bond acceptors (Lipinski definition) is 3. The van der Waals surface area contributed by atoms with Gasteiger partial charge in [-0.1, -0.05) is 0 Å². The van der Waals surface area contributed by atoms with E-state index < -0.39 is 10.8 Å². The summed E-state index contributed by atoms with van der Waals surface area (Å²) < 4.78 is 10.8. The van der Waals surface area contributed by atoms with Gasteiger partial charge in [-0.05, 0) is 6.42 Å². The van der Waals surface area contributed by atoms with Crippen molar-refractivity contribution in [2.75, 3.05) is 38.2 Å². The Balaban J connectivity index is 2.19. The maximum atomic E-state index is 11.3. The van der Waals surface area contributed by atoms with E-state index in [9.17, 15) is 9.00 Å². The summed E-state index contributed by atoms with van der Waals surface area (Å²) in [5, 5.41) is 3.01. The Morgan fingerprint density at radius 1 is 1.62 bits per heavy atom. The minimum atomic E-state index is -0.735. The second-order valence-corrected chi connectivity index (χ2v) is 4.74. The van der Waals surface area contributed by atoms with E-state index in [1.807, 2.05) is 4.90 Å². The van der Waals surface area contributed by atoms with E-state index in [1.165, 1.54) is 0 Å². The first-order valence-corrected chi connectivity index (χ1v) is 6.21. The molecule has 0 radical (unpaired) electrons. The largest absolute Gasteiger partial charge is 0.340 e. The molecule has 0 aromatic rings. The van der Waals surface area contributed by atoms with Crippen LogP contribution in [0.15, 0.2) is 0 Å². The highest BCUT2D eigenvalue weighted by atomic mass is 32.2. The van der Waals surface area contributed by atoms with Crippen molar-refractivity contribution in [3.8, 4) is 0 Å². The Morgan fingerprint density at radius 2 is 2.38 bits per heavy atom. The van der Waals surface area contributed by atoms with E-state index in [0.717, 1.165) is 26.1 Å². The van der Waals surface area contributed by atoms with Crippen LogP contribution >= 0.6 is 0 Å². The summed E-state index contributed by atoms with van der Waals surface area (Å²) >= 11 is 0. The van der Waals surface area contributed by atoms with Crippen LogP contribution in [0.2, 0.25) is 0 Å². The molecule has 1 aliphatic rings. The Kier molecular flexibility index (Phi) is 4.38. The van der Waals surface area contributed by atoms with Crippen molar-refractivity contribution in [3.63, 3.8) is 0 Å². The highest BCUT2D eigenvalue weighted by Gasteiger charge is 2.16. The standard InChI is InChI=1S/C8H16N2O2S/c1-13(12)6-2-4-10-5-3-9-7-8(10)11/h9H,2-7H2,1H3. The third-order valence-corrected chi connectivity index (χ3v) is 2.91. The summed E-state index contributed by atoms with van der Waals surface area (Å²) in [6.45, 7) is 2.87. The summed E-state index contributed by atoms with van der Waals surface area (Å²) in [6, 6.07) is 0. The number of hydrogen-bond donors (Lipinski definition) is 1. The molecule has 1 aliphatic heterocycles. The molecule has 76 valence electrons. The normalized spacial score (nSPS) is 20.4. The van der Waals surface area contributed by atoms with Crippen LogP contribution in [-0.2, 0) is 15.6 Å². The predicted octanol–water partition coefficient (Wildman–Crippen LogP) is -0.813. The average Bonchev–Trinajstić information content (AvgIpc) is 2.08. The number of amides is 1. The Hall–Kier alpha value is -0.420. The number of carbonyl (C=O) groups is 1. The van der Waals surface area contributed by atoms with Gasteiger partial charge in [0.05, 0.1) is 6.54 Å². The molecule has 0 aliphatic carbocycles. The van der Waals surface area contributed by atoms with Gasteiger partial charge in [0.25, 0.3) is 0 Å². The first-order chi connectivity index (χ1) is 6.20. The zero-order valence-corrected chi connectivity index (χ0v) is 8.73. The zero-order valence-electron chi connectivity index (χ0n) is 7.91. The molecular formula is C8H16N2O2S. The van der Waals surface area contributed by atoms with Gasteiger partial charge in [-0.25, -0.2) is 0 Å². The lowest BCUT2D eigenvalue weighted by Gasteiger charge is -2.27. The Bertz CT molecular complexity index is 208. The van der Waals surface area contributed by atoms with Crippen LogP contribution in [0.4, 0.5) is 0 Å². The van der Waals surface area contributed by atoms with E-state index in [-0.39, 0.29) is 5.91 Å². The number of rotatable bonds is 4. The lowest BCUT2D eigenvalue weighted by atomic mass is 10.3. The van der Waals surface area contributed by atoms with Crippen LogP contribution in [0.3, 0.4) is 0 Å². The fourth-order valence-electron chi connectivity index (χ4n) is 1.34. The van der Waals surface area contributed by atoms with Crippen LogP contribution < -0.4 is 5.32 Å². The van der Waals surface area contributed by atoms with Crippen LogP contribution in [0, 0.1) is 0 Å². The molecule has 5 heteroatoms. The second kappa shape index (κ2) is 5.34. The third kappa shape index (κ3) is 3.87. The second-order valence-electron chi connectivity index (χ2n) is 3.19. The average molecular weight is 204 g/mol. The van der Waals surface area contributed by atoms with Crippen molar-refractivity contribution in [1.29, 1.82) is 0 Å².